The van der Waals surface area contributed by atoms with Gasteiger partial charge < -0.3 is 10.0 Å². The number of hydrogen-bond donors (Lipinski definition) is 1. The maximum absolute atomic E-state index is 13.2. The summed E-state index contributed by atoms with van der Waals surface area (Å²) in [6.45, 7) is 12.5. The Kier molecular flexibility index (Phi) is 8.93. The van der Waals surface area contributed by atoms with Crippen molar-refractivity contribution in [2.24, 2.45) is 5.92 Å². The van der Waals surface area contributed by atoms with E-state index in [9.17, 15) is 20.0 Å². The van der Waals surface area contributed by atoms with Crippen LogP contribution in [0.3, 0.4) is 0 Å². The monoisotopic (exact) mass is 503 g/mol. The summed E-state index contributed by atoms with van der Waals surface area (Å²) in [5.74, 6) is 1.07. The molecule has 0 aromatic carbocycles. The van der Waals surface area contributed by atoms with Gasteiger partial charge in [0.2, 0.25) is 0 Å². The molecule has 2 saturated heterocycles. The second kappa shape index (κ2) is 11.5. The molecule has 1 aromatic rings. The van der Waals surface area contributed by atoms with Crippen LogP contribution >= 0.6 is 24.0 Å². The summed E-state index contributed by atoms with van der Waals surface area (Å²) in [5.41, 5.74) is 1.10. The van der Waals surface area contributed by atoms with E-state index >= 15 is 0 Å². The fraction of sp³-hybridized carbons (Fsp3) is 0.583. The highest BCUT2D eigenvalue weighted by molar-refractivity contribution is 8.26. The van der Waals surface area contributed by atoms with Crippen LogP contribution in [-0.4, -0.2) is 75.6 Å². The topological polar surface area (TPSA) is 92.8 Å². The standard InChI is InChI=1S/C24H33N5O3S2/c1-5-28-21(27-10-8-26(9-11-27)12-13-30)18(17(4)19(15-25)22(28)31)14-20-23(32)29(24(33)34-20)7-6-16(2)3/h14,16,30H,5-13H2,1-4H3. The summed E-state index contributed by atoms with van der Waals surface area (Å²) < 4.78 is 2.18. The molecule has 0 bridgehead atoms. The average molecular weight is 504 g/mol. The van der Waals surface area contributed by atoms with E-state index in [2.05, 4.69) is 29.7 Å². The predicted octanol–water partition coefficient (Wildman–Crippen LogP) is 2.41. The van der Waals surface area contributed by atoms with Gasteiger partial charge in [-0.3, -0.25) is 24.0 Å². The number of thioether (sulfide) groups is 1. The predicted molar refractivity (Wildman–Crippen MR) is 141 cm³/mol. The normalized spacial score (nSPS) is 18.4. The summed E-state index contributed by atoms with van der Waals surface area (Å²) in [7, 11) is 0. The third-order valence-electron chi connectivity index (χ3n) is 6.33. The number of thiocarbonyl (C=S) groups is 1. The van der Waals surface area contributed by atoms with Crippen molar-refractivity contribution >= 4 is 46.1 Å². The third-order valence-corrected chi connectivity index (χ3v) is 7.71. The number of anilines is 1. The Bertz CT molecular complexity index is 1080. The molecule has 0 atom stereocenters. The summed E-state index contributed by atoms with van der Waals surface area (Å²) in [5, 5.41) is 19.0. The summed E-state index contributed by atoms with van der Waals surface area (Å²) in [4.78, 5) is 32.8. The Morgan fingerprint density at radius 3 is 2.44 bits per heavy atom. The quantitative estimate of drug-likeness (QED) is 0.427. The van der Waals surface area contributed by atoms with Gasteiger partial charge in [-0.05, 0) is 37.8 Å². The molecule has 8 nitrogen and oxygen atoms in total. The van der Waals surface area contributed by atoms with Gasteiger partial charge >= 0.3 is 0 Å². The number of pyridine rings is 1. The van der Waals surface area contributed by atoms with Gasteiger partial charge in [-0.1, -0.05) is 37.8 Å². The molecule has 2 fully saturated rings. The van der Waals surface area contributed by atoms with Gasteiger partial charge in [0.25, 0.3) is 11.5 Å². The Morgan fingerprint density at radius 1 is 1.21 bits per heavy atom. The lowest BCUT2D eigenvalue weighted by molar-refractivity contribution is -0.122. The van der Waals surface area contributed by atoms with Crippen LogP contribution in [0.5, 0.6) is 0 Å². The molecular weight excluding hydrogens is 470 g/mol. The van der Waals surface area contributed by atoms with E-state index < -0.39 is 0 Å². The fourth-order valence-corrected chi connectivity index (χ4v) is 5.60. The van der Waals surface area contributed by atoms with Gasteiger partial charge in [0, 0.05) is 51.4 Å². The van der Waals surface area contributed by atoms with Crippen molar-refractivity contribution in [3.8, 4) is 6.07 Å². The molecule has 3 heterocycles. The molecule has 1 aromatic heterocycles. The number of rotatable bonds is 8. The Hall–Kier alpha value is -2.19. The van der Waals surface area contributed by atoms with Crippen LogP contribution in [0.1, 0.15) is 43.9 Å². The van der Waals surface area contributed by atoms with Crippen LogP contribution in [0.4, 0.5) is 5.82 Å². The van der Waals surface area contributed by atoms with Crippen LogP contribution in [0.2, 0.25) is 0 Å². The number of nitrogens with zero attached hydrogens (tertiary/aromatic N) is 5. The first kappa shape index (κ1) is 26.4. The second-order valence-electron chi connectivity index (χ2n) is 8.97. The maximum atomic E-state index is 13.2. The Morgan fingerprint density at radius 2 is 1.88 bits per heavy atom. The van der Waals surface area contributed by atoms with Crippen LogP contribution in [-0.2, 0) is 11.3 Å². The summed E-state index contributed by atoms with van der Waals surface area (Å²) >= 11 is 6.77. The first-order chi connectivity index (χ1) is 16.2. The molecule has 0 unspecified atom stereocenters. The third kappa shape index (κ3) is 5.38. The molecule has 3 rings (SSSR count). The molecular formula is C24H33N5O3S2. The van der Waals surface area contributed by atoms with Gasteiger partial charge in [-0.15, -0.1) is 0 Å². The van der Waals surface area contributed by atoms with Crippen LogP contribution in [0.15, 0.2) is 9.70 Å². The van der Waals surface area contributed by atoms with Crippen molar-refractivity contribution in [3.63, 3.8) is 0 Å². The maximum Gasteiger partial charge on any atom is 0.270 e. The van der Waals surface area contributed by atoms with Gasteiger partial charge in [-0.25, -0.2) is 0 Å². The number of piperazine rings is 1. The van der Waals surface area contributed by atoms with Crippen LogP contribution in [0.25, 0.3) is 6.08 Å². The summed E-state index contributed by atoms with van der Waals surface area (Å²) in [6, 6.07) is 2.07. The molecule has 2 aliphatic rings. The highest BCUT2D eigenvalue weighted by Crippen LogP contribution is 2.36. The van der Waals surface area contributed by atoms with Crippen molar-refractivity contribution in [3.05, 3.63) is 31.9 Å². The van der Waals surface area contributed by atoms with Crippen LogP contribution < -0.4 is 10.5 Å². The van der Waals surface area contributed by atoms with E-state index in [1.54, 1.807) is 16.4 Å². The number of aliphatic hydroxyl groups is 1. The number of amides is 1. The molecule has 2 aliphatic heterocycles. The second-order valence-corrected chi connectivity index (χ2v) is 10.6. The molecule has 0 saturated carbocycles. The molecule has 0 radical (unpaired) electrons. The lowest BCUT2D eigenvalue weighted by atomic mass is 10.0. The van der Waals surface area contributed by atoms with Crippen molar-refractivity contribution < 1.29 is 9.90 Å². The fourth-order valence-electron chi connectivity index (χ4n) is 4.31. The minimum Gasteiger partial charge on any atom is -0.395 e. The van der Waals surface area contributed by atoms with Gasteiger partial charge in [0.15, 0.2) is 0 Å². The Labute approximate surface area is 210 Å². The van der Waals surface area contributed by atoms with Crippen molar-refractivity contribution in [1.82, 2.24) is 14.4 Å². The number of β-amino-alcohol motifs (C(OH)–C–C–N with tert-alkyl or cyclic N) is 1. The number of hydrogen-bond acceptors (Lipinski definition) is 8. The smallest absolute Gasteiger partial charge is 0.270 e. The minimum atomic E-state index is -0.308. The van der Waals surface area contributed by atoms with Gasteiger partial charge in [0.05, 0.1) is 11.5 Å². The minimum absolute atomic E-state index is 0.103. The van der Waals surface area contributed by atoms with E-state index in [1.807, 2.05) is 13.0 Å². The van der Waals surface area contributed by atoms with Crippen molar-refractivity contribution in [2.75, 3.05) is 50.8 Å². The zero-order chi connectivity index (χ0) is 25.0. The lowest BCUT2D eigenvalue weighted by Gasteiger charge is -2.37. The molecule has 1 N–H and O–H groups in total. The highest BCUT2D eigenvalue weighted by atomic mass is 32.2. The van der Waals surface area contributed by atoms with E-state index in [0.29, 0.717) is 53.4 Å². The molecule has 1 amide bonds. The van der Waals surface area contributed by atoms with E-state index in [0.717, 1.165) is 30.9 Å². The summed E-state index contributed by atoms with van der Waals surface area (Å²) in [6.07, 6.45) is 2.67. The highest BCUT2D eigenvalue weighted by Gasteiger charge is 2.33. The number of aliphatic hydroxyl groups excluding tert-OH is 1. The largest absolute Gasteiger partial charge is 0.395 e. The lowest BCUT2D eigenvalue weighted by Crippen LogP contribution is -2.49. The molecule has 34 heavy (non-hydrogen) atoms. The van der Waals surface area contributed by atoms with Gasteiger partial charge in [0.1, 0.15) is 21.8 Å². The van der Waals surface area contributed by atoms with Crippen LogP contribution in [0, 0.1) is 24.2 Å². The number of carbonyl (C=O) groups excluding carboxylic acids is 1. The molecule has 184 valence electrons. The average Bonchev–Trinajstić information content (AvgIpc) is 3.07. The number of nitriles is 1. The SMILES string of the molecule is CCn1c(N2CCN(CCO)CC2)c(C=C2SC(=S)N(CCC(C)C)C2=O)c(C)c(C#N)c1=O. The Balaban J connectivity index is 2.08. The zero-order valence-electron chi connectivity index (χ0n) is 20.3. The molecule has 0 spiro atoms. The van der Waals surface area contributed by atoms with E-state index in [-0.39, 0.29) is 23.6 Å². The molecule has 0 aliphatic carbocycles. The first-order valence-corrected chi connectivity index (χ1v) is 13.0. The number of aromatic nitrogens is 1. The van der Waals surface area contributed by atoms with Crippen molar-refractivity contribution in [2.45, 2.75) is 40.7 Å². The van der Waals surface area contributed by atoms with Gasteiger partial charge in [-0.2, -0.15) is 5.26 Å². The van der Waals surface area contributed by atoms with Crippen molar-refractivity contribution in [1.29, 1.82) is 5.26 Å². The van der Waals surface area contributed by atoms with E-state index in [1.165, 1.54) is 11.8 Å². The molecule has 10 heteroatoms. The zero-order valence-corrected chi connectivity index (χ0v) is 22.0. The first-order valence-electron chi connectivity index (χ1n) is 11.7. The number of carbonyl (C=O) groups is 1. The van der Waals surface area contributed by atoms with E-state index in [4.69, 9.17) is 12.2 Å².